The Kier molecular flexibility index (Phi) is 4.82. The highest BCUT2D eigenvalue weighted by atomic mass is 16.5. The fourth-order valence-electron chi connectivity index (χ4n) is 3.16. The summed E-state index contributed by atoms with van der Waals surface area (Å²) >= 11 is 0. The van der Waals surface area contributed by atoms with Crippen LogP contribution < -0.4 is 5.32 Å². The molecule has 3 heterocycles. The largest absolute Gasteiger partial charge is 0.419 e. The molecule has 1 N–H and O–H groups in total. The van der Waals surface area contributed by atoms with Gasteiger partial charge in [-0.25, -0.2) is 4.79 Å². The van der Waals surface area contributed by atoms with Crippen molar-refractivity contribution in [3.8, 4) is 11.5 Å². The second-order valence-electron chi connectivity index (χ2n) is 6.41. The van der Waals surface area contributed by atoms with Gasteiger partial charge in [0.2, 0.25) is 17.7 Å². The molecule has 0 saturated carbocycles. The molecule has 0 spiro atoms. The van der Waals surface area contributed by atoms with Crippen molar-refractivity contribution in [1.29, 1.82) is 0 Å². The van der Waals surface area contributed by atoms with Crippen molar-refractivity contribution in [3.05, 3.63) is 47.9 Å². The molecule has 1 aromatic carbocycles. The van der Waals surface area contributed by atoms with Gasteiger partial charge in [0, 0.05) is 12.1 Å². The zero-order valence-corrected chi connectivity index (χ0v) is 15.0. The van der Waals surface area contributed by atoms with E-state index in [4.69, 9.17) is 8.94 Å². The quantitative estimate of drug-likeness (QED) is 0.754. The van der Waals surface area contributed by atoms with E-state index in [0.29, 0.717) is 30.0 Å². The molecule has 9 nitrogen and oxygen atoms in total. The van der Waals surface area contributed by atoms with Crippen molar-refractivity contribution >= 4 is 6.03 Å². The highest BCUT2D eigenvalue weighted by Gasteiger charge is 2.32. The third-order valence-electron chi connectivity index (χ3n) is 4.47. The van der Waals surface area contributed by atoms with E-state index in [1.165, 1.54) is 0 Å². The van der Waals surface area contributed by atoms with Crippen LogP contribution in [0.3, 0.4) is 0 Å². The predicted octanol–water partition coefficient (Wildman–Crippen LogP) is 2.86. The topological polar surface area (TPSA) is 110 Å². The maximum atomic E-state index is 12.7. The number of likely N-dealkylation sites (tertiary alicyclic amines) is 1. The number of hydrogen-bond donors (Lipinski definition) is 1. The first-order valence-electron chi connectivity index (χ1n) is 8.93. The Morgan fingerprint density at radius 2 is 2.11 bits per heavy atom. The molecule has 1 aliphatic heterocycles. The summed E-state index contributed by atoms with van der Waals surface area (Å²) in [6.07, 6.45) is 2.75. The Balaban J connectivity index is 1.40. The van der Waals surface area contributed by atoms with Crippen LogP contribution in [-0.2, 0) is 6.54 Å². The molecule has 1 fully saturated rings. The van der Waals surface area contributed by atoms with E-state index < -0.39 is 0 Å². The second kappa shape index (κ2) is 7.56. The highest BCUT2D eigenvalue weighted by Crippen LogP contribution is 2.29. The van der Waals surface area contributed by atoms with Crippen LogP contribution in [0, 0.1) is 6.92 Å². The maximum absolute atomic E-state index is 12.7. The Bertz CT molecular complexity index is 907. The zero-order chi connectivity index (χ0) is 18.6. The maximum Gasteiger partial charge on any atom is 0.318 e. The number of aromatic nitrogens is 4. The van der Waals surface area contributed by atoms with Gasteiger partial charge < -0.3 is 19.2 Å². The van der Waals surface area contributed by atoms with Crippen LogP contribution in [0.4, 0.5) is 4.79 Å². The number of rotatable bonds is 4. The molecule has 4 rings (SSSR count). The summed E-state index contributed by atoms with van der Waals surface area (Å²) < 4.78 is 10.9. The number of hydrogen-bond acceptors (Lipinski definition) is 7. The molecule has 0 unspecified atom stereocenters. The van der Waals surface area contributed by atoms with E-state index in [2.05, 4.69) is 25.7 Å². The Hall–Kier alpha value is -3.23. The summed E-state index contributed by atoms with van der Waals surface area (Å²) in [6, 6.07) is 9.08. The highest BCUT2D eigenvalue weighted by molar-refractivity contribution is 5.74. The van der Waals surface area contributed by atoms with Crippen molar-refractivity contribution < 1.29 is 13.7 Å². The lowest BCUT2D eigenvalue weighted by Gasteiger charge is -2.33. The van der Waals surface area contributed by atoms with Gasteiger partial charge in [-0.05, 0) is 38.3 Å². The molecule has 1 saturated heterocycles. The lowest BCUT2D eigenvalue weighted by Crippen LogP contribution is -2.44. The molecule has 140 valence electrons. The van der Waals surface area contributed by atoms with Gasteiger partial charge in [-0.3, -0.25) is 0 Å². The number of nitrogens with one attached hydrogen (secondary N) is 1. The Labute approximate surface area is 155 Å². The summed E-state index contributed by atoms with van der Waals surface area (Å²) in [4.78, 5) is 18.7. The minimum absolute atomic E-state index is 0.157. The van der Waals surface area contributed by atoms with Crippen LogP contribution in [0.25, 0.3) is 11.5 Å². The number of carbonyl (C=O) groups is 1. The standard InChI is InChI=1S/C18H20N6O3/c1-12-20-17(27-23-12)14-9-5-6-10-24(14)18(25)19-11-15-21-22-16(26-15)13-7-3-2-4-8-13/h2-4,7-8,14H,5-6,9-11H2,1H3,(H,19,25)/t14-/m0/s1. The van der Waals surface area contributed by atoms with Gasteiger partial charge in [0.1, 0.15) is 6.04 Å². The third-order valence-corrected chi connectivity index (χ3v) is 4.47. The van der Waals surface area contributed by atoms with Crippen LogP contribution in [0.5, 0.6) is 0 Å². The molecule has 0 bridgehead atoms. The molecule has 0 radical (unpaired) electrons. The van der Waals surface area contributed by atoms with Crippen LogP contribution in [0.15, 0.2) is 39.3 Å². The monoisotopic (exact) mass is 368 g/mol. The van der Waals surface area contributed by atoms with Crippen molar-refractivity contribution in [1.82, 2.24) is 30.6 Å². The van der Waals surface area contributed by atoms with E-state index in [-0.39, 0.29) is 18.6 Å². The number of urea groups is 1. The second-order valence-corrected chi connectivity index (χ2v) is 6.41. The third kappa shape index (κ3) is 3.81. The fourth-order valence-corrected chi connectivity index (χ4v) is 3.16. The minimum atomic E-state index is -0.213. The minimum Gasteiger partial charge on any atom is -0.419 e. The number of nitrogens with zero attached hydrogens (tertiary/aromatic N) is 5. The number of aryl methyl sites for hydroxylation is 1. The lowest BCUT2D eigenvalue weighted by atomic mass is 10.0. The lowest BCUT2D eigenvalue weighted by molar-refractivity contribution is 0.131. The van der Waals surface area contributed by atoms with Gasteiger partial charge in [-0.15, -0.1) is 10.2 Å². The van der Waals surface area contributed by atoms with Crippen LogP contribution >= 0.6 is 0 Å². The van der Waals surface area contributed by atoms with Crippen LogP contribution in [0.1, 0.15) is 42.9 Å². The molecule has 0 aliphatic carbocycles. The molecule has 1 aliphatic rings. The van der Waals surface area contributed by atoms with Gasteiger partial charge in [0.05, 0.1) is 6.54 Å². The van der Waals surface area contributed by atoms with Crippen molar-refractivity contribution in [2.45, 2.75) is 38.8 Å². The van der Waals surface area contributed by atoms with Crippen LogP contribution in [0.2, 0.25) is 0 Å². The summed E-state index contributed by atoms with van der Waals surface area (Å²) in [5.74, 6) is 1.82. The van der Waals surface area contributed by atoms with Crippen molar-refractivity contribution in [2.75, 3.05) is 6.54 Å². The first-order chi connectivity index (χ1) is 13.2. The van der Waals surface area contributed by atoms with Crippen molar-refractivity contribution in [2.24, 2.45) is 0 Å². The van der Waals surface area contributed by atoms with Crippen molar-refractivity contribution in [3.63, 3.8) is 0 Å². The molecule has 9 heteroatoms. The summed E-state index contributed by atoms with van der Waals surface area (Å²) in [7, 11) is 0. The van der Waals surface area contributed by atoms with Gasteiger partial charge in [-0.1, -0.05) is 23.4 Å². The van der Waals surface area contributed by atoms with E-state index in [9.17, 15) is 4.79 Å². The van der Waals surface area contributed by atoms with E-state index in [1.807, 2.05) is 30.3 Å². The SMILES string of the molecule is Cc1noc([C@@H]2CCCCN2C(=O)NCc2nnc(-c3ccccc3)o2)n1. The van der Waals surface area contributed by atoms with Gasteiger partial charge in [0.25, 0.3) is 0 Å². The first-order valence-corrected chi connectivity index (χ1v) is 8.93. The fraction of sp³-hybridized carbons (Fsp3) is 0.389. The Morgan fingerprint density at radius 1 is 1.26 bits per heavy atom. The van der Waals surface area contributed by atoms with Gasteiger partial charge in [0.15, 0.2) is 5.82 Å². The van der Waals surface area contributed by atoms with Gasteiger partial charge >= 0.3 is 6.03 Å². The summed E-state index contributed by atoms with van der Waals surface area (Å²) in [6.45, 7) is 2.56. The molecular weight excluding hydrogens is 348 g/mol. The molecule has 3 aromatic rings. The molecule has 1 atom stereocenters. The Morgan fingerprint density at radius 3 is 2.89 bits per heavy atom. The normalized spacial score (nSPS) is 17.1. The van der Waals surface area contributed by atoms with E-state index in [1.54, 1.807) is 11.8 Å². The number of benzene rings is 1. The molecule has 27 heavy (non-hydrogen) atoms. The smallest absolute Gasteiger partial charge is 0.318 e. The van der Waals surface area contributed by atoms with Crippen LogP contribution in [-0.4, -0.2) is 37.8 Å². The number of piperidine rings is 1. The van der Waals surface area contributed by atoms with E-state index >= 15 is 0 Å². The summed E-state index contributed by atoms with van der Waals surface area (Å²) in [5.41, 5.74) is 0.838. The first kappa shape index (κ1) is 17.2. The molecular formula is C18H20N6O3. The average molecular weight is 368 g/mol. The summed E-state index contributed by atoms with van der Waals surface area (Å²) in [5, 5.41) is 14.7. The average Bonchev–Trinajstić information content (AvgIpc) is 3.36. The van der Waals surface area contributed by atoms with E-state index in [0.717, 1.165) is 24.8 Å². The zero-order valence-electron chi connectivity index (χ0n) is 15.0. The number of amides is 2. The molecule has 2 aromatic heterocycles. The predicted molar refractivity (Wildman–Crippen MR) is 94.3 cm³/mol. The van der Waals surface area contributed by atoms with Gasteiger partial charge in [-0.2, -0.15) is 4.98 Å². The number of carbonyl (C=O) groups excluding carboxylic acids is 1. The molecule has 2 amide bonds.